The van der Waals surface area contributed by atoms with Crippen LogP contribution >= 0.6 is 11.3 Å². The Morgan fingerprint density at radius 3 is 2.69 bits per heavy atom. The van der Waals surface area contributed by atoms with E-state index >= 15 is 0 Å². The van der Waals surface area contributed by atoms with Crippen LogP contribution in [0.1, 0.15) is 40.6 Å². The molecule has 1 saturated heterocycles. The minimum atomic E-state index is -0.456. The lowest BCUT2D eigenvalue weighted by Crippen LogP contribution is -2.43. The molecule has 1 N–H and O–H groups in total. The first-order chi connectivity index (χ1) is 12.4. The van der Waals surface area contributed by atoms with Crippen molar-refractivity contribution in [1.82, 2.24) is 4.90 Å². The fourth-order valence-corrected chi connectivity index (χ4v) is 4.15. The van der Waals surface area contributed by atoms with E-state index < -0.39 is 5.97 Å². The SMILES string of the molecule is CCOC(=O)[C@@H]1CCCN(CC(=O)Nc2sc(C)c(C)c2C(=O)OC)C1. The number of likely N-dealkylation sites (tertiary alicyclic amines) is 1. The summed E-state index contributed by atoms with van der Waals surface area (Å²) in [5.74, 6) is -1.05. The normalized spacial score (nSPS) is 17.6. The summed E-state index contributed by atoms with van der Waals surface area (Å²) in [7, 11) is 1.32. The Hall–Kier alpha value is -1.93. The number of nitrogens with one attached hydrogen (secondary N) is 1. The molecule has 144 valence electrons. The fourth-order valence-electron chi connectivity index (χ4n) is 3.08. The number of hydrogen-bond acceptors (Lipinski definition) is 7. The third kappa shape index (κ3) is 4.82. The highest BCUT2D eigenvalue weighted by molar-refractivity contribution is 7.16. The molecule has 0 aliphatic carbocycles. The molecule has 0 saturated carbocycles. The third-order valence-electron chi connectivity index (χ3n) is 4.52. The van der Waals surface area contributed by atoms with Gasteiger partial charge in [0.05, 0.1) is 31.7 Å². The van der Waals surface area contributed by atoms with Gasteiger partial charge in [0.1, 0.15) is 5.00 Å². The van der Waals surface area contributed by atoms with Crippen LogP contribution in [-0.2, 0) is 19.1 Å². The zero-order valence-corrected chi connectivity index (χ0v) is 16.5. The molecule has 0 radical (unpaired) electrons. The molecule has 1 aromatic heterocycles. The first-order valence-electron chi connectivity index (χ1n) is 8.74. The van der Waals surface area contributed by atoms with Crippen molar-refractivity contribution in [3.63, 3.8) is 0 Å². The second-order valence-corrected chi connectivity index (χ2v) is 7.58. The van der Waals surface area contributed by atoms with Gasteiger partial charge in [-0.25, -0.2) is 4.79 Å². The minimum Gasteiger partial charge on any atom is -0.466 e. The number of hydrogen-bond donors (Lipinski definition) is 1. The summed E-state index contributed by atoms with van der Waals surface area (Å²) in [5.41, 5.74) is 1.23. The van der Waals surface area contributed by atoms with E-state index in [-0.39, 0.29) is 24.3 Å². The molecular formula is C18H26N2O5S. The molecule has 1 amide bonds. The van der Waals surface area contributed by atoms with Crippen molar-refractivity contribution in [3.8, 4) is 0 Å². The van der Waals surface area contributed by atoms with Crippen molar-refractivity contribution >= 4 is 34.2 Å². The van der Waals surface area contributed by atoms with Crippen LogP contribution in [0.2, 0.25) is 0 Å². The molecular weight excluding hydrogens is 356 g/mol. The third-order valence-corrected chi connectivity index (χ3v) is 5.64. The molecule has 7 nitrogen and oxygen atoms in total. The van der Waals surface area contributed by atoms with E-state index in [1.165, 1.54) is 18.4 Å². The number of thiophene rings is 1. The zero-order chi connectivity index (χ0) is 19.3. The summed E-state index contributed by atoms with van der Waals surface area (Å²) >= 11 is 1.36. The number of anilines is 1. The Morgan fingerprint density at radius 1 is 1.31 bits per heavy atom. The van der Waals surface area contributed by atoms with Crippen LogP contribution < -0.4 is 5.32 Å². The molecule has 0 aromatic carbocycles. The maximum Gasteiger partial charge on any atom is 0.341 e. The molecule has 1 fully saturated rings. The van der Waals surface area contributed by atoms with Gasteiger partial charge in [0, 0.05) is 11.4 Å². The number of rotatable bonds is 6. The highest BCUT2D eigenvalue weighted by Gasteiger charge is 2.28. The topological polar surface area (TPSA) is 84.9 Å². The molecule has 1 atom stereocenters. The fraction of sp³-hybridized carbons (Fsp3) is 0.611. The van der Waals surface area contributed by atoms with E-state index in [4.69, 9.17) is 9.47 Å². The predicted molar refractivity (Wildman–Crippen MR) is 99.6 cm³/mol. The number of carbonyl (C=O) groups excluding carboxylic acids is 3. The maximum atomic E-state index is 12.5. The average molecular weight is 382 g/mol. The molecule has 1 aromatic rings. The molecule has 2 heterocycles. The van der Waals surface area contributed by atoms with Gasteiger partial charge < -0.3 is 14.8 Å². The van der Waals surface area contributed by atoms with E-state index in [0.717, 1.165) is 29.8 Å². The first-order valence-corrected chi connectivity index (χ1v) is 9.56. The summed E-state index contributed by atoms with van der Waals surface area (Å²) < 4.78 is 9.91. The summed E-state index contributed by atoms with van der Waals surface area (Å²) in [4.78, 5) is 39.3. The van der Waals surface area contributed by atoms with Gasteiger partial charge >= 0.3 is 11.9 Å². The van der Waals surface area contributed by atoms with Gasteiger partial charge in [-0.15, -0.1) is 11.3 Å². The molecule has 0 spiro atoms. The summed E-state index contributed by atoms with van der Waals surface area (Å²) in [6.07, 6.45) is 1.63. The Labute approximate surface area is 157 Å². The number of ether oxygens (including phenoxy) is 2. The van der Waals surface area contributed by atoms with Gasteiger partial charge in [0.25, 0.3) is 0 Å². The maximum absolute atomic E-state index is 12.5. The second kappa shape index (κ2) is 9.14. The standard InChI is InChI=1S/C18H26N2O5S/c1-5-25-17(22)13-7-6-8-20(9-13)10-14(21)19-16-15(18(23)24-4)11(2)12(3)26-16/h13H,5-10H2,1-4H3,(H,19,21)/t13-/m1/s1. The van der Waals surface area contributed by atoms with Crippen molar-refractivity contribution in [2.24, 2.45) is 5.92 Å². The number of aryl methyl sites for hydroxylation is 1. The van der Waals surface area contributed by atoms with Crippen LogP contribution in [0.25, 0.3) is 0 Å². The lowest BCUT2D eigenvalue weighted by molar-refractivity contribution is -0.150. The van der Waals surface area contributed by atoms with Crippen LogP contribution in [-0.4, -0.2) is 56.1 Å². The number of esters is 2. The Bertz CT molecular complexity index is 685. The lowest BCUT2D eigenvalue weighted by Gasteiger charge is -2.30. The molecule has 0 bridgehead atoms. The summed E-state index contributed by atoms with van der Waals surface area (Å²) in [6.45, 7) is 7.33. The Morgan fingerprint density at radius 2 is 2.04 bits per heavy atom. The van der Waals surface area contributed by atoms with Crippen LogP contribution in [0.4, 0.5) is 5.00 Å². The number of amides is 1. The molecule has 26 heavy (non-hydrogen) atoms. The average Bonchev–Trinajstić information content (AvgIpc) is 2.88. The van der Waals surface area contributed by atoms with Gasteiger partial charge in [-0.05, 0) is 45.7 Å². The van der Waals surface area contributed by atoms with Crippen LogP contribution in [0.15, 0.2) is 0 Å². The van der Waals surface area contributed by atoms with Gasteiger partial charge in [0.2, 0.25) is 5.91 Å². The van der Waals surface area contributed by atoms with Crippen molar-refractivity contribution in [3.05, 3.63) is 16.0 Å². The molecule has 8 heteroatoms. The quantitative estimate of drug-likeness (QED) is 0.761. The molecule has 1 aliphatic rings. The second-order valence-electron chi connectivity index (χ2n) is 6.35. The molecule has 0 unspecified atom stereocenters. The van der Waals surface area contributed by atoms with E-state index in [1.807, 2.05) is 18.7 Å². The van der Waals surface area contributed by atoms with Crippen LogP contribution in [0, 0.1) is 19.8 Å². The van der Waals surface area contributed by atoms with Crippen molar-refractivity contribution in [1.29, 1.82) is 0 Å². The number of piperidine rings is 1. The summed E-state index contributed by atoms with van der Waals surface area (Å²) in [5, 5.41) is 3.33. The minimum absolute atomic E-state index is 0.173. The van der Waals surface area contributed by atoms with Gasteiger partial charge in [-0.1, -0.05) is 0 Å². The first kappa shape index (κ1) is 20.4. The summed E-state index contributed by atoms with van der Waals surface area (Å²) in [6, 6.07) is 0. The molecule has 2 rings (SSSR count). The van der Waals surface area contributed by atoms with Crippen LogP contribution in [0.5, 0.6) is 0 Å². The number of methoxy groups -OCH3 is 1. The van der Waals surface area contributed by atoms with Gasteiger partial charge in [0.15, 0.2) is 0 Å². The van der Waals surface area contributed by atoms with Crippen molar-refractivity contribution in [2.45, 2.75) is 33.6 Å². The largest absolute Gasteiger partial charge is 0.466 e. The van der Waals surface area contributed by atoms with Crippen molar-refractivity contribution in [2.75, 3.05) is 38.7 Å². The van der Waals surface area contributed by atoms with Gasteiger partial charge in [-0.3, -0.25) is 14.5 Å². The van der Waals surface area contributed by atoms with Crippen LogP contribution in [0.3, 0.4) is 0 Å². The molecule has 1 aliphatic heterocycles. The Balaban J connectivity index is 2.00. The number of carbonyl (C=O) groups is 3. The smallest absolute Gasteiger partial charge is 0.341 e. The highest BCUT2D eigenvalue weighted by Crippen LogP contribution is 2.33. The van der Waals surface area contributed by atoms with Crippen molar-refractivity contribution < 1.29 is 23.9 Å². The zero-order valence-electron chi connectivity index (χ0n) is 15.7. The highest BCUT2D eigenvalue weighted by atomic mass is 32.1. The Kier molecular flexibility index (Phi) is 7.16. The van der Waals surface area contributed by atoms with E-state index in [9.17, 15) is 14.4 Å². The lowest BCUT2D eigenvalue weighted by atomic mass is 9.98. The van der Waals surface area contributed by atoms with E-state index in [0.29, 0.717) is 23.7 Å². The monoisotopic (exact) mass is 382 g/mol. The predicted octanol–water partition coefficient (Wildman–Crippen LogP) is 2.37. The van der Waals surface area contributed by atoms with Gasteiger partial charge in [-0.2, -0.15) is 0 Å². The van der Waals surface area contributed by atoms with E-state index in [2.05, 4.69) is 5.32 Å². The number of nitrogens with zero attached hydrogens (tertiary/aromatic N) is 1. The van der Waals surface area contributed by atoms with E-state index in [1.54, 1.807) is 6.92 Å².